The summed E-state index contributed by atoms with van der Waals surface area (Å²) < 4.78 is 19.8. The molecule has 0 amide bonds. The van der Waals surface area contributed by atoms with Gasteiger partial charge < -0.3 is 14.2 Å². The highest BCUT2D eigenvalue weighted by Gasteiger charge is 2.33. The fourth-order valence-corrected chi connectivity index (χ4v) is 6.58. The highest BCUT2D eigenvalue weighted by Crippen LogP contribution is 2.33. The summed E-state index contributed by atoms with van der Waals surface area (Å²) in [6.07, 6.45) is 5.16. The van der Waals surface area contributed by atoms with Crippen LogP contribution in [0, 0.1) is 0 Å². The van der Waals surface area contributed by atoms with Gasteiger partial charge in [0.15, 0.2) is 4.80 Å². The van der Waals surface area contributed by atoms with E-state index in [4.69, 9.17) is 35.9 Å². The van der Waals surface area contributed by atoms with E-state index in [1.54, 1.807) is 60.7 Å². The van der Waals surface area contributed by atoms with Crippen LogP contribution in [-0.2, 0) is 9.53 Å². The van der Waals surface area contributed by atoms with Crippen molar-refractivity contribution >= 4 is 35.0 Å². The van der Waals surface area contributed by atoms with Gasteiger partial charge in [0, 0.05) is 17.3 Å². The number of halogens is 1. The third kappa shape index (κ3) is 5.80. The Kier molecular flexibility index (Phi) is 8.74. The molecule has 232 valence electrons. The zero-order chi connectivity index (χ0) is 32.4. The lowest BCUT2D eigenvalue weighted by atomic mass is 9.96. The molecular formula is C35H29ClN4O5S. The standard InChI is InChI=1S/C35H29ClN4O5S/c1-5-17-45-34(42)30-21(2)37-35-40(32(30)22-11-14-26(43-3)15-12-22)33(41)29(46-35)19-24-20-39(25-9-7-6-8-10-25)38-31(24)23-13-16-28(44-4)27(36)18-23/h5-16,18-20,32H,1,17H2,2-4H3. The number of rotatable bonds is 9. The molecule has 0 saturated heterocycles. The molecule has 1 aliphatic heterocycles. The first-order valence-corrected chi connectivity index (χ1v) is 15.5. The first kappa shape index (κ1) is 30.8. The number of para-hydroxylation sites is 1. The molecule has 0 fully saturated rings. The molecule has 6 rings (SSSR count). The van der Waals surface area contributed by atoms with Crippen LogP contribution in [0.5, 0.6) is 11.5 Å². The number of carbonyl (C=O) groups is 1. The molecule has 0 N–H and O–H groups in total. The molecule has 46 heavy (non-hydrogen) atoms. The van der Waals surface area contributed by atoms with Crippen LogP contribution in [0.1, 0.15) is 24.1 Å². The van der Waals surface area contributed by atoms with Crippen molar-refractivity contribution in [3.63, 3.8) is 0 Å². The minimum Gasteiger partial charge on any atom is -0.497 e. The molecule has 1 unspecified atom stereocenters. The van der Waals surface area contributed by atoms with Crippen LogP contribution in [0.4, 0.5) is 0 Å². The maximum Gasteiger partial charge on any atom is 0.338 e. The molecule has 0 radical (unpaired) electrons. The monoisotopic (exact) mass is 652 g/mol. The number of fused-ring (bicyclic) bond motifs is 1. The number of ether oxygens (including phenoxy) is 3. The van der Waals surface area contributed by atoms with Gasteiger partial charge in [-0.15, -0.1) is 0 Å². The summed E-state index contributed by atoms with van der Waals surface area (Å²) in [5, 5.41) is 5.31. The van der Waals surface area contributed by atoms with Crippen LogP contribution < -0.4 is 24.4 Å². The average Bonchev–Trinajstić information content (AvgIpc) is 3.63. The van der Waals surface area contributed by atoms with Crippen LogP contribution in [-0.4, -0.2) is 41.1 Å². The van der Waals surface area contributed by atoms with Gasteiger partial charge in [-0.3, -0.25) is 9.36 Å². The van der Waals surface area contributed by atoms with Gasteiger partial charge in [0.05, 0.1) is 46.8 Å². The number of nitrogens with zero attached hydrogens (tertiary/aromatic N) is 4. The van der Waals surface area contributed by atoms with Crippen molar-refractivity contribution in [2.24, 2.45) is 4.99 Å². The number of hydrogen-bond acceptors (Lipinski definition) is 8. The van der Waals surface area contributed by atoms with E-state index >= 15 is 0 Å². The van der Waals surface area contributed by atoms with Crippen molar-refractivity contribution < 1.29 is 19.0 Å². The Morgan fingerprint density at radius 2 is 1.83 bits per heavy atom. The number of carbonyl (C=O) groups excluding carboxylic acids is 1. The lowest BCUT2D eigenvalue weighted by molar-refractivity contribution is -0.138. The second-order valence-corrected chi connectivity index (χ2v) is 11.7. The Morgan fingerprint density at radius 1 is 1.07 bits per heavy atom. The second kappa shape index (κ2) is 13.0. The summed E-state index contributed by atoms with van der Waals surface area (Å²) in [5.74, 6) is 0.618. The Balaban J connectivity index is 1.55. The van der Waals surface area contributed by atoms with Gasteiger partial charge in [0.25, 0.3) is 5.56 Å². The molecule has 11 heteroatoms. The first-order valence-electron chi connectivity index (χ1n) is 14.3. The number of methoxy groups -OCH3 is 2. The van der Waals surface area contributed by atoms with Crippen LogP contribution in [0.25, 0.3) is 23.0 Å². The van der Waals surface area contributed by atoms with E-state index in [-0.39, 0.29) is 17.7 Å². The van der Waals surface area contributed by atoms with Gasteiger partial charge in [-0.25, -0.2) is 14.5 Å². The maximum absolute atomic E-state index is 14.3. The van der Waals surface area contributed by atoms with Crippen molar-refractivity contribution in [1.82, 2.24) is 14.3 Å². The smallest absolute Gasteiger partial charge is 0.338 e. The third-order valence-electron chi connectivity index (χ3n) is 7.48. The number of thiazole rings is 1. The molecule has 0 aliphatic carbocycles. The van der Waals surface area contributed by atoms with Gasteiger partial charge in [-0.1, -0.05) is 65.9 Å². The number of aromatic nitrogens is 3. The van der Waals surface area contributed by atoms with Crippen molar-refractivity contribution in [2.75, 3.05) is 20.8 Å². The van der Waals surface area contributed by atoms with E-state index in [0.29, 0.717) is 48.4 Å². The number of allylic oxidation sites excluding steroid dienone is 1. The van der Waals surface area contributed by atoms with Crippen LogP contribution in [0.2, 0.25) is 5.02 Å². The molecule has 0 saturated carbocycles. The zero-order valence-corrected chi connectivity index (χ0v) is 26.8. The van der Waals surface area contributed by atoms with Crippen LogP contribution in [0.3, 0.4) is 0 Å². The Hall–Kier alpha value is -5.19. The maximum atomic E-state index is 14.3. The summed E-state index contributed by atoms with van der Waals surface area (Å²) in [4.78, 5) is 32.8. The van der Waals surface area contributed by atoms with Gasteiger partial charge in [-0.2, -0.15) is 5.10 Å². The fourth-order valence-electron chi connectivity index (χ4n) is 5.28. The highest BCUT2D eigenvalue weighted by atomic mass is 35.5. The number of benzene rings is 3. The molecular weight excluding hydrogens is 624 g/mol. The summed E-state index contributed by atoms with van der Waals surface area (Å²) in [5.41, 5.74) is 4.05. The topological polar surface area (TPSA) is 96.9 Å². The van der Waals surface area contributed by atoms with E-state index in [2.05, 4.69) is 6.58 Å². The quantitative estimate of drug-likeness (QED) is 0.154. The summed E-state index contributed by atoms with van der Waals surface area (Å²) in [6.45, 7) is 5.41. The van der Waals surface area contributed by atoms with Crippen molar-refractivity contribution in [3.05, 3.63) is 139 Å². The Labute approximate surface area is 273 Å². The molecule has 5 aromatic rings. The minimum absolute atomic E-state index is 0.0267. The predicted octanol–water partition coefficient (Wildman–Crippen LogP) is 5.49. The summed E-state index contributed by atoms with van der Waals surface area (Å²) >= 11 is 7.73. The van der Waals surface area contributed by atoms with E-state index in [1.807, 2.05) is 54.7 Å². The normalized spacial score (nSPS) is 14.4. The molecule has 0 bridgehead atoms. The first-order chi connectivity index (χ1) is 22.3. The van der Waals surface area contributed by atoms with Gasteiger partial charge in [-0.05, 0) is 61.0 Å². The Bertz CT molecular complexity index is 2160. The molecule has 9 nitrogen and oxygen atoms in total. The largest absolute Gasteiger partial charge is 0.497 e. The molecule has 3 aromatic carbocycles. The Morgan fingerprint density at radius 3 is 2.50 bits per heavy atom. The van der Waals surface area contributed by atoms with E-state index < -0.39 is 12.0 Å². The van der Waals surface area contributed by atoms with E-state index in [1.165, 1.54) is 17.4 Å². The average molecular weight is 653 g/mol. The lowest BCUT2D eigenvalue weighted by Gasteiger charge is -2.24. The van der Waals surface area contributed by atoms with Gasteiger partial charge in [0.2, 0.25) is 0 Å². The molecule has 3 heterocycles. The van der Waals surface area contributed by atoms with Gasteiger partial charge >= 0.3 is 5.97 Å². The number of esters is 1. The van der Waals surface area contributed by atoms with Crippen LogP contribution in [0.15, 0.2) is 113 Å². The summed E-state index contributed by atoms with van der Waals surface area (Å²) in [7, 11) is 3.13. The molecule has 2 aromatic heterocycles. The van der Waals surface area contributed by atoms with E-state index in [9.17, 15) is 9.59 Å². The molecule has 0 spiro atoms. The zero-order valence-electron chi connectivity index (χ0n) is 25.3. The van der Waals surface area contributed by atoms with Crippen LogP contribution >= 0.6 is 22.9 Å². The van der Waals surface area contributed by atoms with Gasteiger partial charge in [0.1, 0.15) is 23.8 Å². The SMILES string of the molecule is C=CCOC(=O)C1=C(C)N=c2sc(=Cc3cn(-c4ccccc4)nc3-c3ccc(OC)c(Cl)c3)c(=O)n2C1c1ccc(OC)cc1. The van der Waals surface area contributed by atoms with Crippen molar-refractivity contribution in [3.8, 4) is 28.4 Å². The molecule has 1 aliphatic rings. The predicted molar refractivity (Wildman–Crippen MR) is 178 cm³/mol. The second-order valence-electron chi connectivity index (χ2n) is 10.3. The minimum atomic E-state index is -0.770. The van der Waals surface area contributed by atoms with Crippen molar-refractivity contribution in [1.29, 1.82) is 0 Å². The number of hydrogen-bond donors (Lipinski definition) is 0. The van der Waals surface area contributed by atoms with E-state index in [0.717, 1.165) is 11.3 Å². The fraction of sp³-hybridized carbons (Fsp3) is 0.143. The lowest BCUT2D eigenvalue weighted by Crippen LogP contribution is -2.39. The van der Waals surface area contributed by atoms with Crippen molar-refractivity contribution in [2.45, 2.75) is 13.0 Å². The summed E-state index contributed by atoms with van der Waals surface area (Å²) in [6, 6.07) is 21.6. The third-order valence-corrected chi connectivity index (χ3v) is 8.76. The highest BCUT2D eigenvalue weighted by molar-refractivity contribution is 7.07. The molecule has 1 atom stereocenters.